The van der Waals surface area contributed by atoms with Gasteiger partial charge in [0.15, 0.2) is 11.0 Å². The van der Waals surface area contributed by atoms with Gasteiger partial charge < -0.3 is 14.8 Å². The molecule has 4 nitrogen and oxygen atoms in total. The fraction of sp³-hybridized carbons (Fsp3) is 0.500. The summed E-state index contributed by atoms with van der Waals surface area (Å²) in [5, 5.41) is 11.7. The van der Waals surface area contributed by atoms with Gasteiger partial charge in [-0.25, -0.2) is 0 Å². The second kappa shape index (κ2) is 5.78. The number of hydrogen-bond donors (Lipinski definition) is 2. The van der Waals surface area contributed by atoms with Crippen LogP contribution in [0.5, 0.6) is 0 Å². The lowest BCUT2D eigenvalue weighted by atomic mass is 10.1. The lowest BCUT2D eigenvalue weighted by Crippen LogP contribution is -2.34. The first-order valence-electron chi connectivity index (χ1n) is 4.84. The topological polar surface area (TPSA) is 62.5 Å². The van der Waals surface area contributed by atoms with E-state index in [-0.39, 0.29) is 29.5 Å². The van der Waals surface area contributed by atoms with E-state index in [9.17, 15) is 4.79 Å². The summed E-state index contributed by atoms with van der Waals surface area (Å²) in [7, 11) is 0. The first kappa shape index (κ1) is 12.1. The van der Waals surface area contributed by atoms with Crippen molar-refractivity contribution in [2.75, 3.05) is 6.61 Å². The molecular formula is C10H14ClNO3. The summed E-state index contributed by atoms with van der Waals surface area (Å²) < 4.78 is 4.96. The monoisotopic (exact) mass is 231 g/mol. The molecule has 5 heteroatoms. The molecule has 0 radical (unpaired) electrons. The molecule has 0 aliphatic rings. The maximum atomic E-state index is 11.6. The maximum absolute atomic E-state index is 11.6. The Morgan fingerprint density at radius 3 is 2.87 bits per heavy atom. The third kappa shape index (κ3) is 3.57. The molecular weight excluding hydrogens is 218 g/mol. The summed E-state index contributed by atoms with van der Waals surface area (Å²) >= 11 is 5.55. The normalized spacial score (nSPS) is 12.5. The Bertz CT molecular complexity index is 324. The minimum Gasteiger partial charge on any atom is -0.440 e. The first-order chi connectivity index (χ1) is 7.17. The summed E-state index contributed by atoms with van der Waals surface area (Å²) in [5.41, 5.74) is 0. The molecule has 0 fully saturated rings. The van der Waals surface area contributed by atoms with Crippen LogP contribution in [-0.4, -0.2) is 23.7 Å². The smallest absolute Gasteiger partial charge is 0.287 e. The molecule has 15 heavy (non-hydrogen) atoms. The van der Waals surface area contributed by atoms with Crippen molar-refractivity contribution in [2.24, 2.45) is 0 Å². The van der Waals surface area contributed by atoms with E-state index in [4.69, 9.17) is 21.1 Å². The van der Waals surface area contributed by atoms with Crippen LogP contribution in [-0.2, 0) is 0 Å². The van der Waals surface area contributed by atoms with Gasteiger partial charge in [0.1, 0.15) is 0 Å². The minimum absolute atomic E-state index is 0.0358. The Hall–Kier alpha value is -1.00. The van der Waals surface area contributed by atoms with Gasteiger partial charge in [-0.1, -0.05) is 6.92 Å². The second-order valence-corrected chi connectivity index (χ2v) is 3.57. The zero-order valence-corrected chi connectivity index (χ0v) is 9.25. The lowest BCUT2D eigenvalue weighted by molar-refractivity contribution is 0.0901. The number of halogens is 1. The fourth-order valence-corrected chi connectivity index (χ4v) is 1.37. The fourth-order valence-electron chi connectivity index (χ4n) is 1.23. The van der Waals surface area contributed by atoms with Crippen molar-refractivity contribution >= 4 is 17.5 Å². The third-order valence-electron chi connectivity index (χ3n) is 2.10. The highest BCUT2D eigenvalue weighted by molar-refractivity contribution is 6.29. The summed E-state index contributed by atoms with van der Waals surface area (Å²) in [5.74, 6) is -0.112. The molecule has 1 unspecified atom stereocenters. The summed E-state index contributed by atoms with van der Waals surface area (Å²) in [6, 6.07) is 3.00. The van der Waals surface area contributed by atoms with E-state index in [2.05, 4.69) is 5.32 Å². The first-order valence-corrected chi connectivity index (χ1v) is 5.22. The highest BCUT2D eigenvalue weighted by Crippen LogP contribution is 2.13. The van der Waals surface area contributed by atoms with Crippen molar-refractivity contribution in [3.05, 3.63) is 23.1 Å². The molecule has 1 atom stereocenters. The Balaban J connectivity index is 2.54. The number of nitrogens with one attached hydrogen (secondary N) is 1. The van der Waals surface area contributed by atoms with Gasteiger partial charge in [-0.05, 0) is 36.6 Å². The summed E-state index contributed by atoms with van der Waals surface area (Å²) in [6.45, 7) is 1.99. The Labute approximate surface area is 93.2 Å². The summed E-state index contributed by atoms with van der Waals surface area (Å²) in [6.07, 6.45) is 1.30. The van der Waals surface area contributed by atoms with Crippen molar-refractivity contribution in [1.82, 2.24) is 5.32 Å². The van der Waals surface area contributed by atoms with Crippen LogP contribution in [0.25, 0.3) is 0 Å². The van der Waals surface area contributed by atoms with E-state index in [0.717, 1.165) is 6.42 Å². The maximum Gasteiger partial charge on any atom is 0.287 e. The van der Waals surface area contributed by atoms with Gasteiger partial charge in [-0.3, -0.25) is 4.79 Å². The SMILES string of the molecule is CCC(CCO)NC(=O)c1ccc(Cl)o1. The standard InChI is InChI=1S/C10H14ClNO3/c1-2-7(5-6-13)12-10(14)8-3-4-9(11)15-8/h3-4,7,13H,2,5-6H2,1H3,(H,12,14). The van der Waals surface area contributed by atoms with Crippen LogP contribution in [0.3, 0.4) is 0 Å². The number of amides is 1. The van der Waals surface area contributed by atoms with E-state index in [1.54, 1.807) is 0 Å². The lowest BCUT2D eigenvalue weighted by Gasteiger charge is -2.14. The van der Waals surface area contributed by atoms with Gasteiger partial charge in [0.2, 0.25) is 0 Å². The Morgan fingerprint density at radius 1 is 1.67 bits per heavy atom. The van der Waals surface area contributed by atoms with Gasteiger partial charge in [0, 0.05) is 12.6 Å². The number of rotatable bonds is 5. The van der Waals surface area contributed by atoms with Crippen molar-refractivity contribution in [2.45, 2.75) is 25.8 Å². The Kier molecular flexibility index (Phi) is 4.65. The molecule has 84 valence electrons. The quantitative estimate of drug-likeness (QED) is 0.813. The van der Waals surface area contributed by atoms with Crippen LogP contribution in [0, 0.1) is 0 Å². The zero-order valence-electron chi connectivity index (χ0n) is 8.50. The van der Waals surface area contributed by atoms with E-state index in [0.29, 0.717) is 6.42 Å². The van der Waals surface area contributed by atoms with Crippen LogP contribution in [0.15, 0.2) is 16.5 Å². The predicted molar refractivity (Wildman–Crippen MR) is 57.0 cm³/mol. The molecule has 0 spiro atoms. The average molecular weight is 232 g/mol. The van der Waals surface area contributed by atoms with E-state index in [1.807, 2.05) is 6.92 Å². The van der Waals surface area contributed by atoms with Gasteiger partial charge in [-0.2, -0.15) is 0 Å². The number of carbonyl (C=O) groups excluding carboxylic acids is 1. The van der Waals surface area contributed by atoms with Crippen molar-refractivity contribution < 1.29 is 14.3 Å². The van der Waals surface area contributed by atoms with Crippen LogP contribution >= 0.6 is 11.6 Å². The molecule has 0 aliphatic heterocycles. The predicted octanol–water partition coefficient (Wildman–Crippen LogP) is 1.82. The van der Waals surface area contributed by atoms with Gasteiger partial charge in [0.25, 0.3) is 5.91 Å². The van der Waals surface area contributed by atoms with Crippen LogP contribution in [0.4, 0.5) is 0 Å². The largest absolute Gasteiger partial charge is 0.440 e. The number of aliphatic hydroxyl groups excluding tert-OH is 1. The van der Waals surface area contributed by atoms with Crippen molar-refractivity contribution in [1.29, 1.82) is 0 Å². The third-order valence-corrected chi connectivity index (χ3v) is 2.31. The number of carbonyl (C=O) groups is 1. The molecule has 0 saturated heterocycles. The molecule has 0 bridgehead atoms. The number of aliphatic hydroxyl groups is 1. The highest BCUT2D eigenvalue weighted by atomic mass is 35.5. The van der Waals surface area contributed by atoms with E-state index in [1.165, 1.54) is 12.1 Å². The number of furan rings is 1. The van der Waals surface area contributed by atoms with E-state index >= 15 is 0 Å². The van der Waals surface area contributed by atoms with E-state index < -0.39 is 0 Å². The van der Waals surface area contributed by atoms with Gasteiger partial charge in [0.05, 0.1) is 0 Å². The molecule has 0 aliphatic carbocycles. The van der Waals surface area contributed by atoms with Gasteiger partial charge >= 0.3 is 0 Å². The number of hydrogen-bond acceptors (Lipinski definition) is 3. The van der Waals surface area contributed by atoms with Crippen LogP contribution in [0.2, 0.25) is 5.22 Å². The van der Waals surface area contributed by atoms with Gasteiger partial charge in [-0.15, -0.1) is 0 Å². The molecule has 1 heterocycles. The molecule has 1 rings (SSSR count). The average Bonchev–Trinajstić information content (AvgIpc) is 2.64. The molecule has 0 aromatic carbocycles. The minimum atomic E-state index is -0.304. The highest BCUT2D eigenvalue weighted by Gasteiger charge is 2.14. The zero-order chi connectivity index (χ0) is 11.3. The molecule has 0 saturated carbocycles. The Morgan fingerprint density at radius 2 is 2.40 bits per heavy atom. The molecule has 1 aromatic rings. The van der Waals surface area contributed by atoms with Crippen molar-refractivity contribution in [3.63, 3.8) is 0 Å². The summed E-state index contributed by atoms with van der Waals surface area (Å²) in [4.78, 5) is 11.6. The molecule has 2 N–H and O–H groups in total. The second-order valence-electron chi connectivity index (χ2n) is 3.19. The van der Waals surface area contributed by atoms with Crippen molar-refractivity contribution in [3.8, 4) is 0 Å². The van der Waals surface area contributed by atoms with Crippen LogP contribution < -0.4 is 5.32 Å². The molecule has 1 amide bonds. The molecule has 1 aromatic heterocycles. The van der Waals surface area contributed by atoms with Crippen LogP contribution in [0.1, 0.15) is 30.3 Å².